The summed E-state index contributed by atoms with van der Waals surface area (Å²) in [4.78, 5) is 20.2. The van der Waals surface area contributed by atoms with E-state index in [-0.39, 0.29) is 6.42 Å². The number of aliphatic carboxylic acids is 2. The summed E-state index contributed by atoms with van der Waals surface area (Å²) in [6.07, 6.45) is 2.71. The van der Waals surface area contributed by atoms with Gasteiger partial charge in [0.25, 0.3) is 0 Å². The Morgan fingerprint density at radius 3 is 2.33 bits per heavy atom. The summed E-state index contributed by atoms with van der Waals surface area (Å²) in [5, 5.41) is 20.2. The van der Waals surface area contributed by atoms with Gasteiger partial charge in [0.2, 0.25) is 0 Å². The Bertz CT molecular complexity index is 195. The molecule has 0 saturated heterocycles. The lowest BCUT2D eigenvalue weighted by Gasteiger charge is -2.10. The number of hydrogen-bond donors (Lipinski definition) is 0. The number of carbonyl (C=O) groups is 2. The second-order valence-electron chi connectivity index (χ2n) is 2.34. The van der Waals surface area contributed by atoms with Gasteiger partial charge in [-0.1, -0.05) is 19.1 Å². The topological polar surface area (TPSA) is 80.3 Å². The molecule has 0 N–H and O–H groups in total. The zero-order valence-electron chi connectivity index (χ0n) is 6.78. The maximum absolute atomic E-state index is 10.3. The van der Waals surface area contributed by atoms with Crippen molar-refractivity contribution in [2.45, 2.75) is 19.8 Å². The molecule has 0 spiro atoms. The Kier molecular flexibility index (Phi) is 4.76. The molecule has 0 heterocycles. The number of rotatable bonds is 5. The Labute approximate surface area is 70.5 Å². The molecule has 0 aliphatic heterocycles. The van der Waals surface area contributed by atoms with Crippen LogP contribution in [0.25, 0.3) is 0 Å². The van der Waals surface area contributed by atoms with Gasteiger partial charge in [0.1, 0.15) is 0 Å². The summed E-state index contributed by atoms with van der Waals surface area (Å²) in [6, 6.07) is 0. The zero-order chi connectivity index (χ0) is 9.56. The van der Waals surface area contributed by atoms with E-state index in [2.05, 4.69) is 0 Å². The Balaban J connectivity index is 3.93. The van der Waals surface area contributed by atoms with Crippen LogP contribution in [-0.2, 0) is 9.59 Å². The van der Waals surface area contributed by atoms with E-state index in [1.165, 1.54) is 12.2 Å². The standard InChI is InChI=1S/C8H12O4/c1-2-6(8(11)12)4-3-5-7(9)10/h3-4,6H,2,5H2,1H3,(H,9,10)(H,11,12)/p-2/b4-3+. The Morgan fingerprint density at radius 2 is 2.00 bits per heavy atom. The molecular formula is C8H10O4-2. The largest absolute Gasteiger partial charge is 0.550 e. The molecule has 0 bridgehead atoms. The highest BCUT2D eigenvalue weighted by molar-refractivity contribution is 5.70. The zero-order valence-corrected chi connectivity index (χ0v) is 6.78. The van der Waals surface area contributed by atoms with Crippen LogP contribution in [0.4, 0.5) is 0 Å². The van der Waals surface area contributed by atoms with E-state index >= 15 is 0 Å². The first-order chi connectivity index (χ1) is 5.57. The molecule has 0 fully saturated rings. The van der Waals surface area contributed by atoms with Crippen molar-refractivity contribution in [3.63, 3.8) is 0 Å². The molecule has 68 valence electrons. The molecule has 4 heteroatoms. The van der Waals surface area contributed by atoms with E-state index in [1.54, 1.807) is 6.92 Å². The van der Waals surface area contributed by atoms with Crippen molar-refractivity contribution in [2.24, 2.45) is 5.92 Å². The fourth-order valence-electron chi connectivity index (χ4n) is 0.710. The average Bonchev–Trinajstić information content (AvgIpc) is 1.96. The predicted octanol–water partition coefficient (Wildman–Crippen LogP) is -1.54. The van der Waals surface area contributed by atoms with Gasteiger partial charge < -0.3 is 19.8 Å². The molecule has 1 atom stereocenters. The summed E-state index contributed by atoms with van der Waals surface area (Å²) < 4.78 is 0. The van der Waals surface area contributed by atoms with Crippen molar-refractivity contribution in [1.29, 1.82) is 0 Å². The molecule has 4 nitrogen and oxygen atoms in total. The number of hydrogen-bond acceptors (Lipinski definition) is 4. The molecule has 0 saturated carbocycles. The van der Waals surface area contributed by atoms with Crippen LogP contribution in [0.2, 0.25) is 0 Å². The van der Waals surface area contributed by atoms with Gasteiger partial charge in [-0.05, 0) is 6.42 Å². The maximum atomic E-state index is 10.3. The van der Waals surface area contributed by atoms with E-state index in [1.807, 2.05) is 0 Å². The number of carboxylic acid groups (broad SMARTS) is 2. The number of carbonyl (C=O) groups excluding carboxylic acids is 2. The van der Waals surface area contributed by atoms with E-state index in [0.29, 0.717) is 6.42 Å². The molecular weight excluding hydrogens is 160 g/mol. The van der Waals surface area contributed by atoms with Crippen molar-refractivity contribution < 1.29 is 19.8 Å². The second kappa shape index (κ2) is 5.35. The van der Waals surface area contributed by atoms with Crippen molar-refractivity contribution in [2.75, 3.05) is 0 Å². The van der Waals surface area contributed by atoms with Crippen LogP contribution in [0.15, 0.2) is 12.2 Å². The molecule has 1 unspecified atom stereocenters. The summed E-state index contributed by atoms with van der Waals surface area (Å²) in [5.74, 6) is -3.11. The minimum Gasteiger partial charge on any atom is -0.550 e. The van der Waals surface area contributed by atoms with Crippen LogP contribution in [-0.4, -0.2) is 11.9 Å². The first-order valence-corrected chi connectivity index (χ1v) is 3.65. The Morgan fingerprint density at radius 1 is 1.42 bits per heavy atom. The van der Waals surface area contributed by atoms with Gasteiger partial charge in [0.05, 0.1) is 0 Å². The summed E-state index contributed by atoms with van der Waals surface area (Å²) in [5.41, 5.74) is 0. The first-order valence-electron chi connectivity index (χ1n) is 3.65. The van der Waals surface area contributed by atoms with E-state index in [9.17, 15) is 19.8 Å². The molecule has 0 rings (SSSR count). The van der Waals surface area contributed by atoms with Crippen LogP contribution in [0.1, 0.15) is 19.8 Å². The lowest BCUT2D eigenvalue weighted by molar-refractivity contribution is -0.310. The fourth-order valence-corrected chi connectivity index (χ4v) is 0.710. The smallest absolute Gasteiger partial charge is 0.0482 e. The van der Waals surface area contributed by atoms with Gasteiger partial charge in [-0.2, -0.15) is 0 Å². The van der Waals surface area contributed by atoms with E-state index in [4.69, 9.17) is 0 Å². The highest BCUT2D eigenvalue weighted by atomic mass is 16.4. The maximum Gasteiger partial charge on any atom is 0.0482 e. The predicted molar refractivity (Wildman–Crippen MR) is 37.6 cm³/mol. The van der Waals surface area contributed by atoms with Gasteiger partial charge in [0, 0.05) is 24.3 Å². The molecule has 12 heavy (non-hydrogen) atoms. The van der Waals surface area contributed by atoms with Crippen LogP contribution in [0.3, 0.4) is 0 Å². The lowest BCUT2D eigenvalue weighted by atomic mass is 10.1. The third-order valence-corrected chi connectivity index (χ3v) is 1.40. The Hall–Kier alpha value is -1.32. The molecule has 0 aromatic carbocycles. The minimum atomic E-state index is -1.22. The third-order valence-electron chi connectivity index (χ3n) is 1.40. The normalized spacial score (nSPS) is 13.1. The quantitative estimate of drug-likeness (QED) is 0.468. The van der Waals surface area contributed by atoms with Crippen molar-refractivity contribution in [3.05, 3.63) is 12.2 Å². The van der Waals surface area contributed by atoms with Gasteiger partial charge in [-0.15, -0.1) is 0 Å². The van der Waals surface area contributed by atoms with E-state index < -0.39 is 17.9 Å². The second-order valence-corrected chi connectivity index (χ2v) is 2.34. The van der Waals surface area contributed by atoms with Gasteiger partial charge >= 0.3 is 0 Å². The monoisotopic (exact) mass is 170 g/mol. The number of carboxylic acids is 2. The van der Waals surface area contributed by atoms with Gasteiger partial charge in [0.15, 0.2) is 0 Å². The lowest BCUT2D eigenvalue weighted by Crippen LogP contribution is -2.29. The molecule has 0 aromatic heterocycles. The van der Waals surface area contributed by atoms with Crippen molar-refractivity contribution in [1.82, 2.24) is 0 Å². The van der Waals surface area contributed by atoms with Gasteiger partial charge in [-0.3, -0.25) is 0 Å². The molecule has 0 amide bonds. The minimum absolute atomic E-state index is 0.260. The average molecular weight is 170 g/mol. The van der Waals surface area contributed by atoms with Crippen molar-refractivity contribution in [3.8, 4) is 0 Å². The van der Waals surface area contributed by atoms with Crippen LogP contribution >= 0.6 is 0 Å². The molecule has 0 aromatic rings. The van der Waals surface area contributed by atoms with Crippen molar-refractivity contribution >= 4 is 11.9 Å². The van der Waals surface area contributed by atoms with Crippen LogP contribution in [0.5, 0.6) is 0 Å². The summed E-state index contributed by atoms with van der Waals surface area (Å²) in [6.45, 7) is 1.68. The highest BCUT2D eigenvalue weighted by Crippen LogP contribution is 2.02. The van der Waals surface area contributed by atoms with Crippen LogP contribution in [0, 0.1) is 5.92 Å². The SMILES string of the molecule is CCC(/C=C/CC(=O)[O-])C(=O)[O-]. The van der Waals surface area contributed by atoms with Gasteiger partial charge in [-0.25, -0.2) is 0 Å². The first kappa shape index (κ1) is 10.7. The summed E-state index contributed by atoms with van der Waals surface area (Å²) >= 11 is 0. The molecule has 0 aliphatic rings. The third kappa shape index (κ3) is 4.49. The molecule has 0 radical (unpaired) electrons. The van der Waals surface area contributed by atoms with E-state index in [0.717, 1.165) is 0 Å². The molecule has 0 aliphatic carbocycles. The van der Waals surface area contributed by atoms with Crippen LogP contribution < -0.4 is 10.2 Å². The fraction of sp³-hybridized carbons (Fsp3) is 0.500. The highest BCUT2D eigenvalue weighted by Gasteiger charge is 2.00. The summed E-state index contributed by atoms with van der Waals surface area (Å²) in [7, 11) is 0.